The van der Waals surface area contributed by atoms with Gasteiger partial charge in [0.05, 0.1) is 6.10 Å². The number of hydrogen-bond donors (Lipinski definition) is 4. The SMILES string of the molecule is C1CCC(C23CC4CC(CC(C4)C2)C3)OC1.O=C(O)O.O=C(O)O. The molecule has 4 saturated carbocycles. The topological polar surface area (TPSA) is 124 Å². The van der Waals surface area contributed by atoms with Crippen LogP contribution in [0.3, 0.4) is 0 Å². The average Bonchev–Trinajstić information content (AvgIpc) is 2.45. The molecule has 5 aliphatic rings. The number of carboxylic acid groups (broad SMARTS) is 4. The number of hydrogen-bond acceptors (Lipinski definition) is 3. The fourth-order valence-electron chi connectivity index (χ4n) is 5.80. The molecule has 1 unspecified atom stereocenters. The Kier molecular flexibility index (Phi) is 6.32. The van der Waals surface area contributed by atoms with Gasteiger partial charge in [-0.05, 0) is 81.0 Å². The first kappa shape index (κ1) is 18.8. The summed E-state index contributed by atoms with van der Waals surface area (Å²) in [6.45, 7) is 1.05. The molecular weight excluding hydrogens is 316 g/mol. The quantitative estimate of drug-likeness (QED) is 0.561. The predicted molar refractivity (Wildman–Crippen MR) is 85.5 cm³/mol. The second-order valence-electron chi connectivity index (χ2n) is 7.70. The molecule has 1 saturated heterocycles. The zero-order valence-corrected chi connectivity index (χ0v) is 13.9. The molecule has 0 aromatic rings. The molecule has 1 aliphatic heterocycles. The Balaban J connectivity index is 0.000000223. The lowest BCUT2D eigenvalue weighted by Gasteiger charge is -2.59. The molecule has 1 heterocycles. The second-order valence-corrected chi connectivity index (χ2v) is 7.70. The monoisotopic (exact) mass is 344 g/mol. The van der Waals surface area contributed by atoms with E-state index in [9.17, 15) is 0 Å². The number of carbonyl (C=O) groups is 2. The highest BCUT2D eigenvalue weighted by atomic mass is 16.6. The molecule has 4 bridgehead atoms. The molecule has 0 radical (unpaired) electrons. The van der Waals surface area contributed by atoms with Crippen LogP contribution in [0.2, 0.25) is 0 Å². The Bertz CT molecular complexity index is 387. The molecule has 7 heteroatoms. The molecule has 5 fully saturated rings. The minimum Gasteiger partial charge on any atom is -0.450 e. The van der Waals surface area contributed by atoms with Gasteiger partial charge >= 0.3 is 12.3 Å². The summed E-state index contributed by atoms with van der Waals surface area (Å²) in [5, 5.41) is 27.9. The van der Waals surface area contributed by atoms with Gasteiger partial charge in [0.25, 0.3) is 0 Å². The van der Waals surface area contributed by atoms with Crippen LogP contribution >= 0.6 is 0 Å². The molecule has 0 amide bonds. The van der Waals surface area contributed by atoms with E-state index in [4.69, 9.17) is 34.8 Å². The summed E-state index contributed by atoms with van der Waals surface area (Å²) in [5.74, 6) is 3.24. The lowest BCUT2D eigenvalue weighted by molar-refractivity contribution is -0.154. The third-order valence-electron chi connectivity index (χ3n) is 5.95. The first-order chi connectivity index (χ1) is 11.3. The predicted octanol–water partition coefficient (Wildman–Crippen LogP) is 4.22. The van der Waals surface area contributed by atoms with E-state index in [2.05, 4.69) is 0 Å². The van der Waals surface area contributed by atoms with Crippen molar-refractivity contribution in [2.45, 2.75) is 63.9 Å². The van der Waals surface area contributed by atoms with Crippen LogP contribution in [-0.2, 0) is 4.74 Å². The maximum absolute atomic E-state index is 8.56. The normalized spacial score (nSPS) is 39.0. The molecule has 4 aliphatic carbocycles. The van der Waals surface area contributed by atoms with Gasteiger partial charge in [0.2, 0.25) is 0 Å². The molecule has 0 aromatic carbocycles. The molecule has 4 N–H and O–H groups in total. The molecular formula is C17H28O7. The van der Waals surface area contributed by atoms with Crippen LogP contribution in [0, 0.1) is 23.2 Å². The van der Waals surface area contributed by atoms with Crippen molar-refractivity contribution >= 4 is 12.3 Å². The summed E-state index contributed by atoms with van der Waals surface area (Å²) in [5.41, 5.74) is 0.648. The third kappa shape index (κ3) is 5.00. The van der Waals surface area contributed by atoms with Gasteiger partial charge in [-0.1, -0.05) is 0 Å². The number of ether oxygens (including phenoxy) is 1. The summed E-state index contributed by atoms with van der Waals surface area (Å²) >= 11 is 0. The molecule has 1 atom stereocenters. The summed E-state index contributed by atoms with van der Waals surface area (Å²) in [6.07, 6.45) is 10.3. The fraction of sp³-hybridized carbons (Fsp3) is 0.882. The Hall–Kier alpha value is -1.50. The van der Waals surface area contributed by atoms with Crippen LogP contribution in [0.4, 0.5) is 9.59 Å². The lowest BCUT2D eigenvalue weighted by atomic mass is 9.47. The smallest absolute Gasteiger partial charge is 0.450 e. The Morgan fingerprint density at radius 2 is 1.21 bits per heavy atom. The minimum absolute atomic E-state index is 0.648. The van der Waals surface area contributed by atoms with E-state index in [1.54, 1.807) is 19.3 Å². The van der Waals surface area contributed by atoms with Crippen molar-refractivity contribution in [3.05, 3.63) is 0 Å². The van der Waals surface area contributed by atoms with Gasteiger partial charge in [-0.25, -0.2) is 9.59 Å². The van der Waals surface area contributed by atoms with Crippen molar-refractivity contribution in [2.75, 3.05) is 6.61 Å². The molecule has 0 aromatic heterocycles. The summed E-state index contributed by atoms with van der Waals surface area (Å²) < 4.78 is 6.16. The van der Waals surface area contributed by atoms with E-state index < -0.39 is 12.3 Å². The highest BCUT2D eigenvalue weighted by Gasteiger charge is 2.54. The van der Waals surface area contributed by atoms with E-state index >= 15 is 0 Å². The van der Waals surface area contributed by atoms with Gasteiger partial charge in [0.1, 0.15) is 0 Å². The van der Waals surface area contributed by atoms with Crippen LogP contribution in [0.5, 0.6) is 0 Å². The van der Waals surface area contributed by atoms with Crippen LogP contribution in [0.15, 0.2) is 0 Å². The standard InChI is InChI=1S/C15H24O.2CH2O3/c1-2-4-16-14(3-1)15-8-11-5-12(9-15)7-13(6-11)10-15;2*2-1(3)4/h11-14H,1-10H2;2*(H2,2,3,4). The van der Waals surface area contributed by atoms with Gasteiger partial charge in [0.15, 0.2) is 0 Å². The molecule has 0 spiro atoms. The van der Waals surface area contributed by atoms with Crippen molar-refractivity contribution in [2.24, 2.45) is 23.2 Å². The van der Waals surface area contributed by atoms with Gasteiger partial charge in [-0.2, -0.15) is 0 Å². The highest BCUT2D eigenvalue weighted by molar-refractivity contribution is 5.53. The summed E-state index contributed by atoms with van der Waals surface area (Å²) in [4.78, 5) is 17.1. The van der Waals surface area contributed by atoms with Gasteiger partial charge in [0, 0.05) is 6.61 Å². The zero-order valence-electron chi connectivity index (χ0n) is 13.9. The van der Waals surface area contributed by atoms with Gasteiger partial charge < -0.3 is 25.2 Å². The lowest BCUT2D eigenvalue weighted by Crippen LogP contribution is -2.53. The van der Waals surface area contributed by atoms with E-state index in [-0.39, 0.29) is 0 Å². The van der Waals surface area contributed by atoms with Crippen molar-refractivity contribution < 1.29 is 34.8 Å². The maximum atomic E-state index is 8.56. The molecule has 24 heavy (non-hydrogen) atoms. The largest absolute Gasteiger partial charge is 0.503 e. The van der Waals surface area contributed by atoms with E-state index in [0.29, 0.717) is 11.5 Å². The van der Waals surface area contributed by atoms with Gasteiger partial charge in [-0.15, -0.1) is 0 Å². The minimum atomic E-state index is -1.83. The molecule has 7 nitrogen and oxygen atoms in total. The van der Waals surface area contributed by atoms with Gasteiger partial charge in [-0.3, -0.25) is 0 Å². The molecule has 138 valence electrons. The first-order valence-corrected chi connectivity index (χ1v) is 8.76. The van der Waals surface area contributed by atoms with Crippen LogP contribution < -0.4 is 0 Å². The van der Waals surface area contributed by atoms with Crippen molar-refractivity contribution in [3.63, 3.8) is 0 Å². The maximum Gasteiger partial charge on any atom is 0.503 e. The average molecular weight is 344 g/mol. The van der Waals surface area contributed by atoms with Crippen LogP contribution in [0.1, 0.15) is 57.8 Å². The Morgan fingerprint density at radius 1 is 0.792 bits per heavy atom. The van der Waals surface area contributed by atoms with E-state index in [1.807, 2.05) is 0 Å². The first-order valence-electron chi connectivity index (χ1n) is 8.76. The zero-order chi connectivity index (χ0) is 17.7. The molecule has 5 rings (SSSR count). The van der Waals surface area contributed by atoms with Crippen LogP contribution in [0.25, 0.3) is 0 Å². The number of rotatable bonds is 1. The Morgan fingerprint density at radius 3 is 1.54 bits per heavy atom. The third-order valence-corrected chi connectivity index (χ3v) is 5.95. The van der Waals surface area contributed by atoms with E-state index in [1.165, 1.54) is 38.5 Å². The van der Waals surface area contributed by atoms with Crippen molar-refractivity contribution in [3.8, 4) is 0 Å². The Labute approximate surface area is 141 Å². The van der Waals surface area contributed by atoms with E-state index in [0.717, 1.165) is 24.4 Å². The summed E-state index contributed by atoms with van der Waals surface area (Å²) in [7, 11) is 0. The van der Waals surface area contributed by atoms with Crippen molar-refractivity contribution in [1.82, 2.24) is 0 Å². The van der Waals surface area contributed by atoms with Crippen LogP contribution in [-0.4, -0.2) is 45.4 Å². The fourth-order valence-corrected chi connectivity index (χ4v) is 5.80. The second kappa shape index (κ2) is 8.05. The summed E-state index contributed by atoms with van der Waals surface area (Å²) in [6, 6.07) is 0. The highest BCUT2D eigenvalue weighted by Crippen LogP contribution is 2.62. The van der Waals surface area contributed by atoms with Crippen molar-refractivity contribution in [1.29, 1.82) is 0 Å².